The predicted octanol–water partition coefficient (Wildman–Crippen LogP) is 5.87. The lowest BCUT2D eigenvalue weighted by molar-refractivity contribution is -0.139. The summed E-state index contributed by atoms with van der Waals surface area (Å²) >= 11 is 11.8. The van der Waals surface area contributed by atoms with E-state index >= 15 is 0 Å². The minimum absolute atomic E-state index is 0.0881. The van der Waals surface area contributed by atoms with Crippen LogP contribution < -0.4 is 10.5 Å². The van der Waals surface area contributed by atoms with Crippen LogP contribution in [0.5, 0.6) is 5.75 Å². The van der Waals surface area contributed by atoms with Crippen molar-refractivity contribution >= 4 is 31.9 Å². The van der Waals surface area contributed by atoms with E-state index in [4.69, 9.17) is 38.2 Å². The second-order valence-electron chi connectivity index (χ2n) is 7.40. The Kier molecular flexibility index (Phi) is 10.2. The number of ether oxygens (including phenoxy) is 1. The van der Waals surface area contributed by atoms with Gasteiger partial charge >= 0.3 is 14.9 Å². The highest BCUT2D eigenvalue weighted by atomic mass is 35.5. The molecule has 32 heavy (non-hydrogen) atoms. The highest BCUT2D eigenvalue weighted by molar-refractivity contribution is 7.17. The summed E-state index contributed by atoms with van der Waals surface area (Å²) in [5.74, 6) is -0.259. The number of halogens is 5. The topological polar surface area (TPSA) is 81.8 Å². The van der Waals surface area contributed by atoms with E-state index in [1.165, 1.54) is 12.1 Å². The third-order valence-corrected chi connectivity index (χ3v) is 5.81. The molecule has 0 radical (unpaired) electrons. The van der Waals surface area contributed by atoms with E-state index in [0.717, 1.165) is 11.6 Å². The molecule has 5 nitrogen and oxygen atoms in total. The summed E-state index contributed by atoms with van der Waals surface area (Å²) < 4.78 is 61.2. The van der Waals surface area contributed by atoms with Crippen LogP contribution in [-0.2, 0) is 28.1 Å². The number of aryl methyl sites for hydroxylation is 2. The fraction of sp³-hybridized carbons (Fsp3) is 0.429. The van der Waals surface area contributed by atoms with Crippen LogP contribution in [0.2, 0.25) is 10.0 Å². The quantitative estimate of drug-likeness (QED) is 0.275. The van der Waals surface area contributed by atoms with Gasteiger partial charge in [0.2, 0.25) is 0 Å². The first-order chi connectivity index (χ1) is 15.1. The van der Waals surface area contributed by atoms with Gasteiger partial charge in [0.25, 0.3) is 0 Å². The first-order valence-corrected chi connectivity index (χ1v) is 11.2. The Hall–Kier alpha value is -1.41. The molecule has 0 aliphatic heterocycles. The van der Waals surface area contributed by atoms with E-state index in [2.05, 4.69) is 0 Å². The van der Waals surface area contributed by atoms with Gasteiger partial charge < -0.3 is 15.6 Å². The summed E-state index contributed by atoms with van der Waals surface area (Å²) in [4.78, 5) is 0. The molecule has 0 saturated carbocycles. The third-order valence-electron chi connectivity index (χ3n) is 4.83. The lowest BCUT2D eigenvalue weighted by Crippen LogP contribution is -2.47. The van der Waals surface area contributed by atoms with Gasteiger partial charge in [0.1, 0.15) is 5.75 Å². The third kappa shape index (κ3) is 8.18. The maximum atomic E-state index is 13.6. The van der Waals surface area contributed by atoms with Gasteiger partial charge in [0, 0.05) is 0 Å². The van der Waals surface area contributed by atoms with Crippen LogP contribution in [0, 0.1) is 0 Å². The van der Waals surface area contributed by atoms with Crippen molar-refractivity contribution in [2.45, 2.75) is 37.4 Å². The van der Waals surface area contributed by atoms with Crippen LogP contribution in [0.3, 0.4) is 0 Å². The summed E-state index contributed by atoms with van der Waals surface area (Å²) in [5.41, 5.74) is 5.14. The van der Waals surface area contributed by atoms with Gasteiger partial charge in [-0.25, -0.2) is 4.57 Å². The number of hydrogen-bond acceptors (Lipinski definition) is 5. The van der Waals surface area contributed by atoms with Gasteiger partial charge in [-0.1, -0.05) is 35.3 Å². The fourth-order valence-corrected chi connectivity index (χ4v) is 3.61. The van der Waals surface area contributed by atoms with Crippen LogP contribution in [-0.4, -0.2) is 30.5 Å². The number of aliphatic hydroxyl groups excluding tert-OH is 1. The largest absolute Gasteiger partial charge is 0.493 e. The maximum absolute atomic E-state index is 13.6. The summed E-state index contributed by atoms with van der Waals surface area (Å²) in [6.45, 7) is -0.569. The first kappa shape index (κ1) is 26.8. The molecule has 1 atom stereocenters. The number of rotatable bonds is 12. The standard InChI is InChI=1S/C21H23Cl2F3NO4P/c22-17-5-3-14(11-18(17)23)2-1-9-30-19-6-4-15(10-16(19)21(24,25)26)7-8-20(27,12-28)13-31-32-29/h3-6,10-11,28H,1-2,7-9,12-13,27H2. The van der Waals surface area contributed by atoms with Crippen molar-refractivity contribution in [1.29, 1.82) is 0 Å². The van der Waals surface area contributed by atoms with Crippen molar-refractivity contribution in [2.24, 2.45) is 5.73 Å². The van der Waals surface area contributed by atoms with Crippen molar-refractivity contribution in [3.63, 3.8) is 0 Å². The Bertz CT molecular complexity index is 917. The van der Waals surface area contributed by atoms with Gasteiger partial charge in [0.05, 0.1) is 41.0 Å². The minimum atomic E-state index is -4.60. The van der Waals surface area contributed by atoms with Crippen LogP contribution in [0.1, 0.15) is 29.5 Å². The molecule has 1 unspecified atom stereocenters. The zero-order valence-corrected chi connectivity index (χ0v) is 19.4. The van der Waals surface area contributed by atoms with Crippen LogP contribution >= 0.6 is 31.9 Å². The van der Waals surface area contributed by atoms with Crippen molar-refractivity contribution < 1.29 is 32.1 Å². The summed E-state index contributed by atoms with van der Waals surface area (Å²) in [5, 5.41) is 10.3. The maximum Gasteiger partial charge on any atom is 0.419 e. The molecule has 0 spiro atoms. The van der Waals surface area contributed by atoms with Gasteiger partial charge in [-0.15, -0.1) is 0 Å². The van der Waals surface area contributed by atoms with E-state index in [-0.39, 0.29) is 31.8 Å². The summed E-state index contributed by atoms with van der Waals surface area (Å²) in [6, 6.07) is 8.99. The molecule has 0 aromatic heterocycles. The molecule has 0 fully saturated rings. The van der Waals surface area contributed by atoms with Gasteiger partial charge in [-0.2, -0.15) is 13.2 Å². The molecule has 0 aliphatic rings. The number of alkyl halides is 3. The normalized spacial score (nSPS) is 13.8. The Labute approximate surface area is 195 Å². The van der Waals surface area contributed by atoms with Gasteiger partial charge in [0.15, 0.2) is 0 Å². The molecule has 0 heterocycles. The second kappa shape index (κ2) is 12.2. The second-order valence-corrected chi connectivity index (χ2v) is 8.62. The van der Waals surface area contributed by atoms with Crippen molar-refractivity contribution in [1.82, 2.24) is 0 Å². The Balaban J connectivity index is 2.01. The Morgan fingerprint density at radius 1 is 1.03 bits per heavy atom. The zero-order chi connectivity index (χ0) is 23.8. The van der Waals surface area contributed by atoms with E-state index < -0.39 is 32.6 Å². The molecule has 0 bridgehead atoms. The SMILES string of the molecule is NC(CO)(CCc1ccc(OCCCc2ccc(Cl)c(Cl)c2)c(C(F)(F)F)c1)COP=O. The van der Waals surface area contributed by atoms with E-state index in [0.29, 0.717) is 28.5 Å². The van der Waals surface area contributed by atoms with Gasteiger partial charge in [-0.05, 0) is 61.1 Å². The monoisotopic (exact) mass is 511 g/mol. The Morgan fingerprint density at radius 2 is 1.72 bits per heavy atom. The van der Waals surface area contributed by atoms with E-state index in [1.807, 2.05) is 0 Å². The van der Waals surface area contributed by atoms with E-state index in [9.17, 15) is 22.8 Å². The molecule has 0 aliphatic carbocycles. The smallest absolute Gasteiger partial charge is 0.419 e. The van der Waals surface area contributed by atoms with Crippen molar-refractivity contribution in [3.8, 4) is 5.75 Å². The molecular formula is C21H23Cl2F3NO4P. The lowest BCUT2D eigenvalue weighted by atomic mass is 9.93. The first-order valence-electron chi connectivity index (χ1n) is 9.69. The van der Waals surface area contributed by atoms with Crippen LogP contribution in [0.4, 0.5) is 13.2 Å². The molecule has 0 saturated heterocycles. The van der Waals surface area contributed by atoms with Crippen molar-refractivity contribution in [2.75, 3.05) is 19.8 Å². The molecule has 2 aromatic rings. The molecule has 176 valence electrons. The number of aliphatic hydroxyl groups is 1. The molecule has 0 amide bonds. The predicted molar refractivity (Wildman–Crippen MR) is 118 cm³/mol. The molecule has 2 rings (SSSR count). The molecule has 11 heteroatoms. The molecule has 2 aromatic carbocycles. The molecule has 3 N–H and O–H groups in total. The van der Waals surface area contributed by atoms with Crippen molar-refractivity contribution in [3.05, 3.63) is 63.1 Å². The average Bonchev–Trinajstić information content (AvgIpc) is 2.76. The fourth-order valence-electron chi connectivity index (χ4n) is 2.98. The minimum Gasteiger partial charge on any atom is -0.493 e. The zero-order valence-electron chi connectivity index (χ0n) is 17.0. The average molecular weight is 512 g/mol. The summed E-state index contributed by atoms with van der Waals surface area (Å²) in [7, 11) is -0.586. The highest BCUT2D eigenvalue weighted by Gasteiger charge is 2.35. The number of nitrogens with two attached hydrogens (primary N) is 1. The van der Waals surface area contributed by atoms with E-state index in [1.54, 1.807) is 18.2 Å². The number of hydrogen-bond donors (Lipinski definition) is 2. The van der Waals surface area contributed by atoms with Crippen LogP contribution in [0.25, 0.3) is 0 Å². The Morgan fingerprint density at radius 3 is 2.34 bits per heavy atom. The van der Waals surface area contributed by atoms with Gasteiger partial charge in [-0.3, -0.25) is 4.52 Å². The highest BCUT2D eigenvalue weighted by Crippen LogP contribution is 2.37. The summed E-state index contributed by atoms with van der Waals surface area (Å²) in [6.07, 6.45) is -3.24. The van der Waals surface area contributed by atoms with Crippen LogP contribution in [0.15, 0.2) is 36.4 Å². The number of benzene rings is 2. The molecular weight excluding hydrogens is 489 g/mol. The lowest BCUT2D eigenvalue weighted by Gasteiger charge is -2.25.